The van der Waals surface area contributed by atoms with Crippen LogP contribution in [0.25, 0.3) is 66.2 Å². The number of hydrogen-bond acceptors (Lipinski definition) is 2. The molecule has 0 spiro atoms. The summed E-state index contributed by atoms with van der Waals surface area (Å²) < 4.78 is 15.9. The minimum absolute atomic E-state index is 0. The zero-order valence-corrected chi connectivity index (χ0v) is 48.5. The number of para-hydroxylation sites is 3. The van der Waals surface area contributed by atoms with E-state index in [0.29, 0.717) is 11.5 Å². The average molecular weight is 1190 g/mol. The molecule has 11 aromatic rings. The molecule has 0 aliphatic carbocycles. The summed E-state index contributed by atoms with van der Waals surface area (Å²) >= 11 is 0. The van der Waals surface area contributed by atoms with Crippen LogP contribution < -0.4 is 13.9 Å². The molecule has 0 saturated heterocycles. The Morgan fingerprint density at radius 2 is 1.06 bits per heavy atom. The number of nitrogens with zero attached hydrogens (tertiary/aromatic N) is 5. The van der Waals surface area contributed by atoms with Crippen LogP contribution in [0.1, 0.15) is 105 Å². The molecule has 12 rings (SSSR count). The molecule has 0 fully saturated rings. The molecule has 384 valence electrons. The second-order valence-corrected chi connectivity index (χ2v) is 24.7. The maximum Gasteiger partial charge on any atom is 2.00 e. The predicted molar refractivity (Wildman–Crippen MR) is 318 cm³/mol. The predicted octanol–water partition coefficient (Wildman–Crippen LogP) is 18.4. The van der Waals surface area contributed by atoms with Crippen molar-refractivity contribution in [3.63, 3.8) is 0 Å². The number of benzene rings is 8. The van der Waals surface area contributed by atoms with E-state index in [2.05, 4.69) is 271 Å². The molecule has 6 nitrogen and oxygen atoms in total. The molecule has 0 amide bonds. The number of hydrogen-bond donors (Lipinski definition) is 0. The van der Waals surface area contributed by atoms with Crippen LogP contribution >= 0.6 is 0 Å². The Bertz CT molecular complexity index is 4140. The Morgan fingerprint density at radius 3 is 1.74 bits per heavy atom. The maximum absolute atomic E-state index is 6.86. The molecule has 77 heavy (non-hydrogen) atoms. The van der Waals surface area contributed by atoms with Crippen molar-refractivity contribution in [2.45, 2.75) is 105 Å². The first-order valence-electron chi connectivity index (χ1n) is 26.6. The molecular formula is C70H65N5OPt+2. The first-order valence-corrected chi connectivity index (χ1v) is 26.6. The van der Waals surface area contributed by atoms with E-state index in [4.69, 9.17) is 9.72 Å². The summed E-state index contributed by atoms with van der Waals surface area (Å²) in [6, 6.07) is 72.6. The second-order valence-electron chi connectivity index (χ2n) is 24.7. The van der Waals surface area contributed by atoms with Gasteiger partial charge in [0.25, 0.3) is 5.69 Å². The fourth-order valence-corrected chi connectivity index (χ4v) is 10.8. The van der Waals surface area contributed by atoms with Crippen molar-refractivity contribution >= 4 is 72.4 Å². The molecule has 1 aliphatic heterocycles. The Kier molecular flexibility index (Phi) is 12.6. The smallest absolute Gasteiger partial charge is 0.509 e. The molecule has 0 saturated carbocycles. The Hall–Kier alpha value is -7.62. The first kappa shape index (κ1) is 51.5. The van der Waals surface area contributed by atoms with Gasteiger partial charge in [-0.25, -0.2) is 4.98 Å². The van der Waals surface area contributed by atoms with Gasteiger partial charge in [-0.1, -0.05) is 184 Å². The number of ether oxygens (including phenoxy) is 1. The van der Waals surface area contributed by atoms with Crippen LogP contribution in [0, 0.1) is 12.1 Å². The van der Waals surface area contributed by atoms with E-state index >= 15 is 0 Å². The molecule has 7 heteroatoms. The van der Waals surface area contributed by atoms with Crippen molar-refractivity contribution in [3.8, 4) is 34.1 Å². The first-order chi connectivity index (χ1) is 36.2. The fourth-order valence-electron chi connectivity index (χ4n) is 10.8. The van der Waals surface area contributed by atoms with Crippen molar-refractivity contribution in [1.29, 1.82) is 0 Å². The summed E-state index contributed by atoms with van der Waals surface area (Å²) in [5.74, 6) is 1.97. The molecule has 0 atom stereocenters. The minimum atomic E-state index is -0.0874. The monoisotopic (exact) mass is 1190 g/mol. The molecule has 0 radical (unpaired) electrons. The Morgan fingerprint density at radius 1 is 0.468 bits per heavy atom. The van der Waals surface area contributed by atoms with E-state index in [1.165, 1.54) is 33.0 Å². The van der Waals surface area contributed by atoms with E-state index in [1.54, 1.807) is 0 Å². The van der Waals surface area contributed by atoms with Crippen LogP contribution in [0.3, 0.4) is 0 Å². The van der Waals surface area contributed by atoms with E-state index < -0.39 is 0 Å². The van der Waals surface area contributed by atoms with Gasteiger partial charge in [-0.3, -0.25) is 0 Å². The van der Waals surface area contributed by atoms with Crippen LogP contribution in [0.15, 0.2) is 176 Å². The molecule has 4 heterocycles. The van der Waals surface area contributed by atoms with E-state index in [0.717, 1.165) is 78.2 Å². The largest absolute Gasteiger partial charge is 2.00 e. The van der Waals surface area contributed by atoms with Crippen LogP contribution in [0.4, 0.5) is 22.7 Å². The standard InChI is InChI=1S/C70H65N5O.Pt/c1-67(2,3)46-21-17-20-45(36-46)55-26-19-29-62-66(55)73(52-38-48(69(7,8)9)37-49(39-52)70(10,11)12)44-72(62)50-22-18-23-53(41-50)76-54-31-33-59-58-32-30-51(74-60-27-15-13-24-56(60)57-25-14-16-28-61(57)74)42-63(58)75(64(59)43-54)65-40-47(34-35-71-65)68(4,5)6;/h13-40,42H,1-12H3;/q;+2. The molecular weight excluding hydrogens is 1120 g/mol. The molecule has 1 aliphatic rings. The fraction of sp³-hybridized carbons (Fsp3) is 0.229. The van der Waals surface area contributed by atoms with Crippen LogP contribution in [-0.2, 0) is 42.7 Å². The summed E-state index contributed by atoms with van der Waals surface area (Å²) in [5.41, 5.74) is 16.3. The van der Waals surface area contributed by atoms with E-state index in [-0.39, 0.29) is 42.7 Å². The molecule has 8 aromatic carbocycles. The zero-order chi connectivity index (χ0) is 53.1. The molecule has 0 N–H and O–H groups in total. The second kappa shape index (κ2) is 18.8. The summed E-state index contributed by atoms with van der Waals surface area (Å²) in [5, 5.41) is 4.62. The van der Waals surface area contributed by atoms with Gasteiger partial charge < -0.3 is 13.9 Å². The summed E-state index contributed by atoms with van der Waals surface area (Å²) in [6.07, 6.45) is 1.92. The van der Waals surface area contributed by atoms with Crippen LogP contribution in [0.5, 0.6) is 11.5 Å². The van der Waals surface area contributed by atoms with Crippen LogP contribution in [-0.4, -0.2) is 20.1 Å². The molecule has 3 aromatic heterocycles. The third-order valence-corrected chi connectivity index (χ3v) is 15.2. The van der Waals surface area contributed by atoms with E-state index in [1.807, 2.05) is 24.4 Å². The van der Waals surface area contributed by atoms with Crippen molar-refractivity contribution < 1.29 is 25.8 Å². The SMILES string of the molecule is CC(C)(C)c1cccc(-c2cccc3c2[N+](c2cc(C(C)(C)C)cc(C(C)(C)C)c2)=C=[N+]3c2[c-]c(Oc3[c-]c4c(cc3)c3ccc(-n5c6ccccc6c6ccccc65)cc3n4-c3cc(C(C)(C)C)ccn3)ccc2)c1.[Pt+2]. The van der Waals surface area contributed by atoms with Gasteiger partial charge in [-0.15, -0.1) is 23.6 Å². The summed E-state index contributed by atoms with van der Waals surface area (Å²) in [6.45, 7) is 27.3. The van der Waals surface area contributed by atoms with Gasteiger partial charge in [0.2, 0.25) is 5.69 Å². The van der Waals surface area contributed by atoms with Gasteiger partial charge in [0.15, 0.2) is 0 Å². The summed E-state index contributed by atoms with van der Waals surface area (Å²) in [4.78, 5) is 5.05. The number of aromatic nitrogens is 3. The van der Waals surface area contributed by atoms with Gasteiger partial charge in [-0.05, 0) is 102 Å². The quantitative estimate of drug-likeness (QED) is 0.118. The minimum Gasteiger partial charge on any atom is -0.509 e. The van der Waals surface area contributed by atoms with Gasteiger partial charge in [0.1, 0.15) is 11.5 Å². The van der Waals surface area contributed by atoms with Crippen molar-refractivity contribution in [1.82, 2.24) is 23.3 Å². The molecule has 0 bridgehead atoms. The third-order valence-electron chi connectivity index (χ3n) is 15.2. The van der Waals surface area contributed by atoms with E-state index in [9.17, 15) is 0 Å². The summed E-state index contributed by atoms with van der Waals surface area (Å²) in [7, 11) is 0. The average Bonchev–Trinajstić information content (AvgIpc) is 4.15. The van der Waals surface area contributed by atoms with Crippen LogP contribution in [0.2, 0.25) is 0 Å². The number of pyridine rings is 1. The van der Waals surface area contributed by atoms with Gasteiger partial charge in [0.05, 0.1) is 16.6 Å². The topological polar surface area (TPSA) is 38.0 Å². The number of rotatable bonds is 7. The Balaban J connectivity index is 0.00000631. The zero-order valence-electron chi connectivity index (χ0n) is 46.2. The third kappa shape index (κ3) is 9.26. The normalized spacial score (nSPS) is 13.0. The van der Waals surface area contributed by atoms with Gasteiger partial charge in [0, 0.05) is 57.9 Å². The van der Waals surface area contributed by atoms with Crippen molar-refractivity contribution in [2.24, 2.45) is 0 Å². The van der Waals surface area contributed by atoms with Gasteiger partial charge >= 0.3 is 32.8 Å². The number of fused-ring (bicyclic) bond motifs is 7. The van der Waals surface area contributed by atoms with Crippen molar-refractivity contribution in [3.05, 3.63) is 210 Å². The maximum atomic E-state index is 6.86. The Labute approximate surface area is 467 Å². The van der Waals surface area contributed by atoms with Gasteiger partial charge in [-0.2, -0.15) is 12.1 Å². The van der Waals surface area contributed by atoms with Crippen molar-refractivity contribution in [2.75, 3.05) is 0 Å². The molecule has 0 unspecified atom stereocenters.